The average Bonchev–Trinajstić information content (AvgIpc) is 2.60. The number of nitrogen functional groups attached to an aromatic ring is 1. The van der Waals surface area contributed by atoms with E-state index in [1.807, 2.05) is 13.8 Å². The average molecular weight is 271 g/mol. The Balaban J connectivity index is 2.54. The van der Waals surface area contributed by atoms with Crippen LogP contribution in [0.5, 0.6) is 0 Å². The molecule has 0 atom stereocenters. The molecule has 0 aliphatic rings. The quantitative estimate of drug-likeness (QED) is 0.854. The number of nitrogens with two attached hydrogens (primary N) is 1. The van der Waals surface area contributed by atoms with E-state index in [1.54, 1.807) is 18.2 Å². The summed E-state index contributed by atoms with van der Waals surface area (Å²) >= 11 is 11.9. The maximum absolute atomic E-state index is 6.10. The summed E-state index contributed by atoms with van der Waals surface area (Å²) in [6.07, 6.45) is 0. The van der Waals surface area contributed by atoms with Gasteiger partial charge in [-0.25, -0.2) is 4.68 Å². The van der Waals surface area contributed by atoms with Gasteiger partial charge in [-0.2, -0.15) is 0 Å². The van der Waals surface area contributed by atoms with E-state index in [2.05, 4.69) is 10.2 Å². The highest BCUT2D eigenvalue weighted by Crippen LogP contribution is 2.29. The van der Waals surface area contributed by atoms with E-state index in [-0.39, 0.29) is 5.92 Å². The van der Waals surface area contributed by atoms with Gasteiger partial charge in [-0.15, -0.1) is 10.2 Å². The van der Waals surface area contributed by atoms with Crippen molar-refractivity contribution in [1.82, 2.24) is 14.9 Å². The van der Waals surface area contributed by atoms with Crippen LogP contribution in [0.15, 0.2) is 18.2 Å². The summed E-state index contributed by atoms with van der Waals surface area (Å²) in [5.74, 6) is 7.40. The van der Waals surface area contributed by atoms with Gasteiger partial charge < -0.3 is 5.84 Å². The van der Waals surface area contributed by atoms with Crippen LogP contribution >= 0.6 is 23.2 Å². The van der Waals surface area contributed by atoms with Gasteiger partial charge in [-0.1, -0.05) is 37.0 Å². The van der Waals surface area contributed by atoms with Crippen LogP contribution in [0.1, 0.15) is 25.6 Å². The molecule has 0 bridgehead atoms. The molecule has 0 radical (unpaired) electrons. The van der Waals surface area contributed by atoms with Crippen molar-refractivity contribution >= 4 is 23.2 Å². The third-order valence-electron chi connectivity index (χ3n) is 2.41. The fourth-order valence-electron chi connectivity index (χ4n) is 1.55. The summed E-state index contributed by atoms with van der Waals surface area (Å²) in [5, 5.41) is 9.19. The van der Waals surface area contributed by atoms with Crippen LogP contribution in [0.3, 0.4) is 0 Å². The lowest BCUT2D eigenvalue weighted by molar-refractivity contribution is 0.733. The summed E-state index contributed by atoms with van der Waals surface area (Å²) in [6, 6.07) is 5.18. The minimum absolute atomic E-state index is 0.201. The lowest BCUT2D eigenvalue weighted by Gasteiger charge is -2.07. The van der Waals surface area contributed by atoms with E-state index in [0.717, 1.165) is 5.56 Å². The molecular formula is C11H12Cl2N4. The molecule has 1 aromatic carbocycles. The second kappa shape index (κ2) is 4.55. The molecule has 4 nitrogen and oxygen atoms in total. The first kappa shape index (κ1) is 12.2. The summed E-state index contributed by atoms with van der Waals surface area (Å²) in [6.45, 7) is 4.00. The molecule has 0 spiro atoms. The molecule has 0 saturated heterocycles. The Morgan fingerprint density at radius 2 is 1.94 bits per heavy atom. The molecule has 0 amide bonds. The zero-order valence-corrected chi connectivity index (χ0v) is 11.0. The number of rotatable bonds is 2. The van der Waals surface area contributed by atoms with Crippen molar-refractivity contribution in [3.8, 4) is 11.4 Å². The molecule has 90 valence electrons. The Morgan fingerprint density at radius 1 is 1.24 bits per heavy atom. The molecule has 0 aliphatic carbocycles. The summed E-state index contributed by atoms with van der Waals surface area (Å²) in [5.41, 5.74) is 0.720. The summed E-state index contributed by atoms with van der Waals surface area (Å²) < 4.78 is 1.46. The first-order valence-electron chi connectivity index (χ1n) is 5.16. The zero-order valence-electron chi connectivity index (χ0n) is 9.48. The first-order valence-corrected chi connectivity index (χ1v) is 5.92. The lowest BCUT2D eigenvalue weighted by atomic mass is 10.2. The topological polar surface area (TPSA) is 56.7 Å². The van der Waals surface area contributed by atoms with E-state index in [1.165, 1.54) is 4.68 Å². The van der Waals surface area contributed by atoms with Gasteiger partial charge in [-0.3, -0.25) is 0 Å². The van der Waals surface area contributed by atoms with Gasteiger partial charge in [0.15, 0.2) is 11.6 Å². The number of hydrogen-bond donors (Lipinski definition) is 1. The highest BCUT2D eigenvalue weighted by Gasteiger charge is 2.16. The largest absolute Gasteiger partial charge is 0.336 e. The first-order chi connectivity index (χ1) is 8.00. The molecule has 0 aliphatic heterocycles. The fourth-order valence-corrected chi connectivity index (χ4v) is 2.04. The van der Waals surface area contributed by atoms with Crippen molar-refractivity contribution in [2.24, 2.45) is 0 Å². The Labute approximate surface area is 109 Å². The van der Waals surface area contributed by atoms with Crippen molar-refractivity contribution in [3.05, 3.63) is 34.1 Å². The van der Waals surface area contributed by atoms with Gasteiger partial charge in [0.2, 0.25) is 0 Å². The number of halogens is 2. The van der Waals surface area contributed by atoms with E-state index < -0.39 is 0 Å². The molecule has 17 heavy (non-hydrogen) atoms. The number of nitrogens with zero attached hydrogens (tertiary/aromatic N) is 3. The SMILES string of the molecule is CC(C)c1nnc(-c2ccc(Cl)cc2Cl)n1N. The third-order valence-corrected chi connectivity index (χ3v) is 2.96. The molecule has 0 fully saturated rings. The van der Waals surface area contributed by atoms with Crippen LogP contribution in [-0.2, 0) is 0 Å². The second-order valence-electron chi connectivity index (χ2n) is 4.03. The predicted octanol–water partition coefficient (Wildman–Crippen LogP) is 3.09. The molecule has 2 rings (SSSR count). The third kappa shape index (κ3) is 2.23. The van der Waals surface area contributed by atoms with E-state index >= 15 is 0 Å². The normalized spacial score (nSPS) is 11.1. The van der Waals surface area contributed by atoms with Gasteiger partial charge in [-0.05, 0) is 18.2 Å². The standard InChI is InChI=1S/C11H12Cl2N4/c1-6(2)10-15-16-11(17(10)14)8-4-3-7(12)5-9(8)13/h3-6H,14H2,1-2H3. The Kier molecular flexibility index (Phi) is 3.26. The van der Waals surface area contributed by atoms with Gasteiger partial charge in [0.25, 0.3) is 0 Å². The van der Waals surface area contributed by atoms with Crippen LogP contribution in [0, 0.1) is 0 Å². The predicted molar refractivity (Wildman–Crippen MR) is 69.7 cm³/mol. The van der Waals surface area contributed by atoms with Crippen molar-refractivity contribution in [2.75, 3.05) is 5.84 Å². The zero-order chi connectivity index (χ0) is 12.6. The monoisotopic (exact) mass is 270 g/mol. The van der Waals surface area contributed by atoms with Crippen molar-refractivity contribution < 1.29 is 0 Å². The minimum atomic E-state index is 0.201. The Hall–Kier alpha value is -1.26. The van der Waals surface area contributed by atoms with E-state index in [4.69, 9.17) is 29.0 Å². The number of aromatic nitrogens is 3. The maximum Gasteiger partial charge on any atom is 0.183 e. The highest BCUT2D eigenvalue weighted by atomic mass is 35.5. The van der Waals surface area contributed by atoms with Crippen LogP contribution in [-0.4, -0.2) is 14.9 Å². The summed E-state index contributed by atoms with van der Waals surface area (Å²) in [7, 11) is 0. The molecule has 2 aromatic rings. The molecule has 6 heteroatoms. The Morgan fingerprint density at radius 3 is 2.47 bits per heavy atom. The van der Waals surface area contributed by atoms with Crippen molar-refractivity contribution in [1.29, 1.82) is 0 Å². The maximum atomic E-state index is 6.10. The van der Waals surface area contributed by atoms with Gasteiger partial charge >= 0.3 is 0 Å². The van der Waals surface area contributed by atoms with Crippen LogP contribution in [0.2, 0.25) is 10.0 Å². The van der Waals surface area contributed by atoms with Gasteiger partial charge in [0, 0.05) is 16.5 Å². The lowest BCUT2D eigenvalue weighted by Crippen LogP contribution is -2.15. The Bertz CT molecular complexity index is 548. The molecule has 0 unspecified atom stereocenters. The van der Waals surface area contributed by atoms with Gasteiger partial charge in [0.05, 0.1) is 5.02 Å². The van der Waals surface area contributed by atoms with Crippen LogP contribution in [0.25, 0.3) is 11.4 Å². The molecule has 1 heterocycles. The number of hydrogen-bond acceptors (Lipinski definition) is 3. The molecule has 1 aromatic heterocycles. The fraction of sp³-hybridized carbons (Fsp3) is 0.273. The minimum Gasteiger partial charge on any atom is -0.336 e. The van der Waals surface area contributed by atoms with E-state index in [9.17, 15) is 0 Å². The van der Waals surface area contributed by atoms with Gasteiger partial charge in [0.1, 0.15) is 0 Å². The van der Waals surface area contributed by atoms with Crippen LogP contribution < -0.4 is 5.84 Å². The number of benzene rings is 1. The summed E-state index contributed by atoms with van der Waals surface area (Å²) in [4.78, 5) is 0. The molecule has 0 saturated carbocycles. The van der Waals surface area contributed by atoms with E-state index in [0.29, 0.717) is 21.7 Å². The second-order valence-corrected chi connectivity index (χ2v) is 4.87. The van der Waals surface area contributed by atoms with Crippen LogP contribution in [0.4, 0.5) is 0 Å². The van der Waals surface area contributed by atoms with Crippen molar-refractivity contribution in [2.45, 2.75) is 19.8 Å². The molecular weight excluding hydrogens is 259 g/mol. The van der Waals surface area contributed by atoms with Crippen molar-refractivity contribution in [3.63, 3.8) is 0 Å². The smallest absolute Gasteiger partial charge is 0.183 e. The molecule has 2 N–H and O–H groups in total. The highest BCUT2D eigenvalue weighted by molar-refractivity contribution is 6.36.